The standard InChI is InChI=1S/C14H10N2O2S2/c17-8-4-3-5-10-9-15-14(19-10)16-13(18)11-6-1-2-7-12(11)20-16/h1-2,6-7,9,17H,4,8H2. The molecule has 4 nitrogen and oxygen atoms in total. The van der Waals surface area contributed by atoms with Crippen LogP contribution >= 0.6 is 22.9 Å². The van der Waals surface area contributed by atoms with E-state index in [-0.39, 0.29) is 12.2 Å². The monoisotopic (exact) mass is 302 g/mol. The Morgan fingerprint density at radius 1 is 1.35 bits per heavy atom. The number of hydrogen-bond acceptors (Lipinski definition) is 5. The van der Waals surface area contributed by atoms with E-state index < -0.39 is 0 Å². The summed E-state index contributed by atoms with van der Waals surface area (Å²) < 4.78 is 2.53. The number of hydrogen-bond donors (Lipinski definition) is 1. The first-order chi connectivity index (χ1) is 9.79. The lowest BCUT2D eigenvalue weighted by Gasteiger charge is -1.89. The maximum absolute atomic E-state index is 12.3. The Labute approximate surface area is 123 Å². The highest BCUT2D eigenvalue weighted by molar-refractivity contribution is 7.18. The van der Waals surface area contributed by atoms with Gasteiger partial charge in [-0.2, -0.15) is 0 Å². The Kier molecular flexibility index (Phi) is 3.65. The molecule has 0 spiro atoms. The molecule has 2 heterocycles. The van der Waals surface area contributed by atoms with Gasteiger partial charge >= 0.3 is 0 Å². The normalized spacial score (nSPS) is 10.4. The predicted molar refractivity (Wildman–Crippen MR) is 81.7 cm³/mol. The van der Waals surface area contributed by atoms with Gasteiger partial charge in [0.05, 0.1) is 27.8 Å². The molecule has 3 rings (SSSR count). The van der Waals surface area contributed by atoms with Crippen molar-refractivity contribution >= 4 is 33.0 Å². The molecule has 0 atom stereocenters. The van der Waals surface area contributed by atoms with E-state index in [9.17, 15) is 4.79 Å². The van der Waals surface area contributed by atoms with Gasteiger partial charge in [-0.1, -0.05) is 35.3 Å². The quantitative estimate of drug-likeness (QED) is 0.739. The highest BCUT2D eigenvalue weighted by Crippen LogP contribution is 2.22. The Morgan fingerprint density at radius 3 is 3.00 bits per heavy atom. The molecule has 0 aliphatic rings. The molecule has 0 saturated heterocycles. The second-order valence-electron chi connectivity index (χ2n) is 3.97. The van der Waals surface area contributed by atoms with E-state index in [1.807, 2.05) is 24.3 Å². The zero-order valence-electron chi connectivity index (χ0n) is 10.4. The zero-order valence-corrected chi connectivity index (χ0v) is 12.0. The number of benzene rings is 1. The largest absolute Gasteiger partial charge is 0.395 e. The molecule has 1 aromatic carbocycles. The van der Waals surface area contributed by atoms with Crippen LogP contribution < -0.4 is 5.56 Å². The van der Waals surface area contributed by atoms with Gasteiger partial charge in [-0.3, -0.25) is 4.79 Å². The summed E-state index contributed by atoms with van der Waals surface area (Å²) in [6, 6.07) is 7.51. The van der Waals surface area contributed by atoms with Gasteiger partial charge in [0.2, 0.25) is 5.13 Å². The number of nitrogens with zero attached hydrogens (tertiary/aromatic N) is 2. The molecule has 0 aliphatic heterocycles. The molecule has 0 fully saturated rings. The first-order valence-corrected chi connectivity index (χ1v) is 7.55. The van der Waals surface area contributed by atoms with Crippen molar-refractivity contribution < 1.29 is 5.11 Å². The average molecular weight is 302 g/mol. The van der Waals surface area contributed by atoms with Gasteiger partial charge in [0.15, 0.2) is 0 Å². The third-order valence-corrected chi connectivity index (χ3v) is 4.69. The Morgan fingerprint density at radius 2 is 2.20 bits per heavy atom. The van der Waals surface area contributed by atoms with E-state index in [1.54, 1.807) is 10.2 Å². The minimum Gasteiger partial charge on any atom is -0.395 e. The Hall–Kier alpha value is -1.94. The predicted octanol–water partition coefficient (Wildman–Crippen LogP) is 2.24. The van der Waals surface area contributed by atoms with Crippen molar-refractivity contribution in [3.8, 4) is 17.0 Å². The van der Waals surface area contributed by atoms with Gasteiger partial charge in [-0.05, 0) is 23.7 Å². The fourth-order valence-corrected chi connectivity index (χ4v) is 3.54. The molecule has 0 aliphatic carbocycles. The maximum atomic E-state index is 12.3. The number of aromatic nitrogens is 2. The second kappa shape index (κ2) is 5.59. The molecule has 1 N–H and O–H groups in total. The van der Waals surface area contributed by atoms with E-state index in [1.165, 1.54) is 22.9 Å². The average Bonchev–Trinajstić information content (AvgIpc) is 3.05. The lowest BCUT2D eigenvalue weighted by atomic mass is 10.3. The van der Waals surface area contributed by atoms with Crippen LogP contribution in [0.5, 0.6) is 0 Å². The van der Waals surface area contributed by atoms with E-state index in [2.05, 4.69) is 16.8 Å². The number of fused-ring (bicyclic) bond motifs is 1. The summed E-state index contributed by atoms with van der Waals surface area (Å²) in [5.74, 6) is 5.77. The third kappa shape index (κ3) is 2.39. The van der Waals surface area contributed by atoms with Gasteiger partial charge in [0, 0.05) is 6.42 Å². The molecule has 0 bridgehead atoms. The zero-order chi connectivity index (χ0) is 13.9. The third-order valence-electron chi connectivity index (χ3n) is 2.61. The van der Waals surface area contributed by atoms with Crippen molar-refractivity contribution in [1.29, 1.82) is 0 Å². The van der Waals surface area contributed by atoms with E-state index >= 15 is 0 Å². The fourth-order valence-electron chi connectivity index (χ4n) is 1.72. The topological polar surface area (TPSA) is 55.1 Å². The lowest BCUT2D eigenvalue weighted by Crippen LogP contribution is -2.09. The number of aliphatic hydroxyl groups excluding tert-OH is 1. The van der Waals surface area contributed by atoms with E-state index in [0.717, 1.165) is 9.58 Å². The highest BCUT2D eigenvalue weighted by atomic mass is 32.1. The SMILES string of the molecule is O=c1c2ccccc2sn1-c1ncc(C#CCCO)s1. The fraction of sp³-hybridized carbons (Fsp3) is 0.143. The van der Waals surface area contributed by atoms with Crippen LogP contribution in [-0.2, 0) is 0 Å². The molecular weight excluding hydrogens is 292 g/mol. The van der Waals surface area contributed by atoms with Gasteiger partial charge < -0.3 is 5.11 Å². The summed E-state index contributed by atoms with van der Waals surface area (Å²) in [5.41, 5.74) is -0.0465. The Balaban J connectivity index is 2.02. The minimum atomic E-state index is -0.0465. The molecule has 0 saturated carbocycles. The molecule has 3 aromatic rings. The molecule has 0 radical (unpaired) electrons. The molecular formula is C14H10N2O2S2. The van der Waals surface area contributed by atoms with Gasteiger partial charge in [-0.25, -0.2) is 8.94 Å². The van der Waals surface area contributed by atoms with Crippen LogP contribution in [0, 0.1) is 11.8 Å². The molecule has 6 heteroatoms. The van der Waals surface area contributed by atoms with Gasteiger partial charge in [0.1, 0.15) is 0 Å². The van der Waals surface area contributed by atoms with E-state index in [4.69, 9.17) is 5.11 Å². The summed E-state index contributed by atoms with van der Waals surface area (Å²) >= 11 is 2.76. The van der Waals surface area contributed by atoms with Crippen LogP contribution in [0.3, 0.4) is 0 Å². The smallest absolute Gasteiger partial charge is 0.275 e. The van der Waals surface area contributed by atoms with Crippen molar-refractivity contribution in [2.24, 2.45) is 0 Å². The first kappa shape index (κ1) is 13.1. The van der Waals surface area contributed by atoms with Crippen molar-refractivity contribution in [3.05, 3.63) is 45.7 Å². The summed E-state index contributed by atoms with van der Waals surface area (Å²) in [5, 5.41) is 10.0. The van der Waals surface area contributed by atoms with Crippen LogP contribution in [0.2, 0.25) is 0 Å². The highest BCUT2D eigenvalue weighted by Gasteiger charge is 2.11. The molecule has 0 amide bonds. The van der Waals surface area contributed by atoms with E-state index in [0.29, 0.717) is 16.9 Å². The minimum absolute atomic E-state index is 0.0465. The number of rotatable bonds is 2. The van der Waals surface area contributed by atoms with Crippen LogP contribution in [0.15, 0.2) is 35.3 Å². The van der Waals surface area contributed by atoms with Crippen molar-refractivity contribution in [2.75, 3.05) is 6.61 Å². The van der Waals surface area contributed by atoms with Gasteiger partial charge in [-0.15, -0.1) is 0 Å². The molecule has 20 heavy (non-hydrogen) atoms. The summed E-state index contributed by atoms with van der Waals surface area (Å²) in [7, 11) is 0. The van der Waals surface area contributed by atoms with Crippen LogP contribution in [-0.4, -0.2) is 20.7 Å². The summed E-state index contributed by atoms with van der Waals surface area (Å²) in [6.45, 7) is 0.0500. The van der Waals surface area contributed by atoms with Crippen molar-refractivity contribution in [1.82, 2.24) is 8.94 Å². The van der Waals surface area contributed by atoms with Crippen LogP contribution in [0.25, 0.3) is 15.2 Å². The second-order valence-corrected chi connectivity index (χ2v) is 5.97. The molecule has 2 aromatic heterocycles. The molecule has 0 unspecified atom stereocenters. The van der Waals surface area contributed by atoms with Crippen molar-refractivity contribution in [3.63, 3.8) is 0 Å². The van der Waals surface area contributed by atoms with Gasteiger partial charge in [0.25, 0.3) is 5.56 Å². The molecule has 100 valence electrons. The number of thiazole rings is 1. The summed E-state index contributed by atoms with van der Waals surface area (Å²) in [4.78, 5) is 17.3. The first-order valence-electron chi connectivity index (χ1n) is 5.96. The number of aliphatic hydroxyl groups is 1. The van der Waals surface area contributed by atoms with Crippen LogP contribution in [0.1, 0.15) is 11.3 Å². The van der Waals surface area contributed by atoms with Crippen molar-refractivity contribution in [2.45, 2.75) is 6.42 Å². The lowest BCUT2D eigenvalue weighted by molar-refractivity contribution is 0.305. The van der Waals surface area contributed by atoms with Crippen LogP contribution in [0.4, 0.5) is 0 Å². The Bertz CT molecular complexity index is 864. The summed E-state index contributed by atoms with van der Waals surface area (Å²) in [6.07, 6.45) is 2.09. The maximum Gasteiger partial charge on any atom is 0.275 e.